The first-order valence-electron chi connectivity index (χ1n) is 8.47. The van der Waals surface area contributed by atoms with E-state index < -0.39 is 31.5 Å². The summed E-state index contributed by atoms with van der Waals surface area (Å²) in [7, 11) is 3.95. The number of halogens is 4. The van der Waals surface area contributed by atoms with E-state index in [1.165, 1.54) is 0 Å². The second kappa shape index (κ2) is 8.81. The highest BCUT2D eigenvalue weighted by Crippen LogP contribution is 2.32. The molecular weight excluding hydrogens is 352 g/mol. The number of rotatable bonds is 8. The smallest absolute Gasteiger partial charge is 0.330 e. The summed E-state index contributed by atoms with van der Waals surface area (Å²) < 4.78 is 54.4. The Kier molecular flexibility index (Phi) is 7.00. The van der Waals surface area contributed by atoms with Crippen LogP contribution in [0.2, 0.25) is 0 Å². The first-order chi connectivity index (χ1) is 12.2. The zero-order chi connectivity index (χ0) is 19.3. The Balaban J connectivity index is 1.93. The Morgan fingerprint density at radius 1 is 1.31 bits per heavy atom. The normalized spacial score (nSPS) is 18.2. The van der Waals surface area contributed by atoms with E-state index in [4.69, 9.17) is 0 Å². The molecule has 1 fully saturated rings. The van der Waals surface area contributed by atoms with Gasteiger partial charge in [0.15, 0.2) is 0 Å². The highest BCUT2D eigenvalue weighted by atomic mass is 19.3. The number of carbonyl (C=O) groups excluding carboxylic acids is 1. The molecule has 0 bridgehead atoms. The summed E-state index contributed by atoms with van der Waals surface area (Å²) in [6.07, 6.45) is -2.24. The summed E-state index contributed by atoms with van der Waals surface area (Å²) in [5.74, 6) is -4.71. The van der Waals surface area contributed by atoms with E-state index in [-0.39, 0.29) is 6.04 Å². The third-order valence-electron chi connectivity index (χ3n) is 4.28. The van der Waals surface area contributed by atoms with Crippen LogP contribution >= 0.6 is 0 Å². The molecule has 0 unspecified atom stereocenters. The van der Waals surface area contributed by atoms with Crippen LogP contribution in [0.1, 0.15) is 30.0 Å². The standard InChI is InChI=1S/C18H24F4N2O2/c1-23(2)10-13-5-7-14(8-6-13)15-4-3-9-24(15)16(25)11-26-12-18(21,22)17(19)20/h5-8,15,17H,3-4,9-12H2,1-2H3/t15-/m1/s1. The first kappa shape index (κ1) is 20.6. The SMILES string of the molecule is CN(C)Cc1ccc([C@H]2CCCN2C(=O)COCC(F)(F)C(F)F)cc1. The van der Waals surface area contributed by atoms with E-state index in [0.29, 0.717) is 6.54 Å². The van der Waals surface area contributed by atoms with E-state index in [2.05, 4.69) is 4.74 Å². The van der Waals surface area contributed by atoms with Crippen molar-refractivity contribution in [3.63, 3.8) is 0 Å². The maximum Gasteiger partial charge on any atom is 0.330 e. The first-order valence-corrected chi connectivity index (χ1v) is 8.47. The maximum atomic E-state index is 12.8. The fourth-order valence-electron chi connectivity index (χ4n) is 3.04. The molecule has 0 N–H and O–H groups in total. The number of carbonyl (C=O) groups is 1. The minimum absolute atomic E-state index is 0.143. The minimum atomic E-state index is -4.24. The van der Waals surface area contributed by atoms with Crippen molar-refractivity contribution in [2.45, 2.75) is 37.8 Å². The number of hydrogen-bond donors (Lipinski definition) is 0. The Morgan fingerprint density at radius 2 is 1.96 bits per heavy atom. The molecule has 1 atom stereocenters. The van der Waals surface area contributed by atoms with Crippen molar-refractivity contribution < 1.29 is 27.1 Å². The molecule has 2 rings (SSSR count). The molecule has 26 heavy (non-hydrogen) atoms. The monoisotopic (exact) mass is 376 g/mol. The van der Waals surface area contributed by atoms with Gasteiger partial charge in [-0.25, -0.2) is 8.78 Å². The molecule has 1 heterocycles. The van der Waals surface area contributed by atoms with Gasteiger partial charge in [-0.3, -0.25) is 4.79 Å². The average molecular weight is 376 g/mol. The molecular formula is C18H24F4N2O2. The summed E-state index contributed by atoms with van der Waals surface area (Å²) >= 11 is 0. The van der Waals surface area contributed by atoms with Gasteiger partial charge in [-0.15, -0.1) is 0 Å². The van der Waals surface area contributed by atoms with Gasteiger partial charge in [-0.1, -0.05) is 24.3 Å². The highest BCUT2D eigenvalue weighted by molar-refractivity contribution is 5.78. The summed E-state index contributed by atoms with van der Waals surface area (Å²) in [6.45, 7) is -0.789. The lowest BCUT2D eigenvalue weighted by molar-refractivity contribution is -0.171. The number of likely N-dealkylation sites (tertiary alicyclic amines) is 1. The van der Waals surface area contributed by atoms with Crippen LogP contribution in [-0.4, -0.2) is 61.9 Å². The lowest BCUT2D eigenvalue weighted by atomic mass is 10.0. The molecule has 1 saturated heterocycles. The molecule has 146 valence electrons. The topological polar surface area (TPSA) is 32.8 Å². The number of amides is 1. The van der Waals surface area contributed by atoms with Gasteiger partial charge in [0, 0.05) is 13.1 Å². The van der Waals surface area contributed by atoms with Gasteiger partial charge in [0.05, 0.1) is 6.04 Å². The van der Waals surface area contributed by atoms with Crippen LogP contribution in [0.3, 0.4) is 0 Å². The van der Waals surface area contributed by atoms with Crippen LogP contribution in [0.5, 0.6) is 0 Å². The van der Waals surface area contributed by atoms with Gasteiger partial charge in [-0.2, -0.15) is 8.78 Å². The highest BCUT2D eigenvalue weighted by Gasteiger charge is 2.41. The maximum absolute atomic E-state index is 12.8. The molecule has 0 saturated carbocycles. The Hall–Kier alpha value is -1.67. The number of ether oxygens (including phenoxy) is 1. The molecule has 0 radical (unpaired) electrons. The predicted octanol–water partition coefficient (Wildman–Crippen LogP) is 3.33. The Labute approximate surface area is 150 Å². The van der Waals surface area contributed by atoms with Crippen molar-refractivity contribution in [3.05, 3.63) is 35.4 Å². The molecule has 4 nitrogen and oxygen atoms in total. The number of nitrogens with zero attached hydrogens (tertiary/aromatic N) is 2. The fourth-order valence-corrected chi connectivity index (χ4v) is 3.04. The van der Waals surface area contributed by atoms with E-state index in [1.54, 1.807) is 4.90 Å². The zero-order valence-corrected chi connectivity index (χ0v) is 14.9. The fraction of sp³-hybridized carbons (Fsp3) is 0.611. The molecule has 0 aliphatic carbocycles. The zero-order valence-electron chi connectivity index (χ0n) is 14.9. The second-order valence-corrected chi connectivity index (χ2v) is 6.78. The van der Waals surface area contributed by atoms with Crippen LogP contribution < -0.4 is 0 Å². The van der Waals surface area contributed by atoms with Crippen molar-refractivity contribution in [3.8, 4) is 0 Å². The van der Waals surface area contributed by atoms with Gasteiger partial charge in [-0.05, 0) is 38.1 Å². The Bertz CT molecular complexity index is 593. The van der Waals surface area contributed by atoms with Crippen molar-refractivity contribution >= 4 is 5.91 Å². The molecule has 1 aliphatic heterocycles. The molecule has 1 aromatic carbocycles. The summed E-state index contributed by atoms with van der Waals surface area (Å²) in [6, 6.07) is 7.77. The average Bonchev–Trinajstić information content (AvgIpc) is 3.04. The molecule has 1 aromatic rings. The van der Waals surface area contributed by atoms with Crippen molar-refractivity contribution in [2.24, 2.45) is 0 Å². The van der Waals surface area contributed by atoms with Gasteiger partial charge >= 0.3 is 12.3 Å². The van der Waals surface area contributed by atoms with E-state index in [0.717, 1.165) is 30.5 Å². The minimum Gasteiger partial charge on any atom is -0.365 e. The molecule has 0 spiro atoms. The molecule has 8 heteroatoms. The van der Waals surface area contributed by atoms with Gasteiger partial charge < -0.3 is 14.5 Å². The largest absolute Gasteiger partial charge is 0.365 e. The van der Waals surface area contributed by atoms with Crippen LogP contribution in [-0.2, 0) is 16.1 Å². The predicted molar refractivity (Wildman–Crippen MR) is 89.3 cm³/mol. The number of alkyl halides is 4. The second-order valence-electron chi connectivity index (χ2n) is 6.78. The van der Waals surface area contributed by atoms with Gasteiger partial charge in [0.25, 0.3) is 0 Å². The Morgan fingerprint density at radius 3 is 2.54 bits per heavy atom. The summed E-state index contributed by atoms with van der Waals surface area (Å²) in [5.41, 5.74) is 2.11. The quantitative estimate of drug-likeness (QED) is 0.653. The number of hydrogen-bond acceptors (Lipinski definition) is 3. The van der Waals surface area contributed by atoms with Crippen molar-refractivity contribution in [2.75, 3.05) is 33.9 Å². The van der Waals surface area contributed by atoms with Crippen LogP contribution in [0, 0.1) is 0 Å². The van der Waals surface area contributed by atoms with Gasteiger partial charge in [0.2, 0.25) is 5.91 Å². The van der Waals surface area contributed by atoms with Crippen LogP contribution in [0.4, 0.5) is 17.6 Å². The number of benzene rings is 1. The molecule has 1 aliphatic rings. The van der Waals surface area contributed by atoms with E-state index >= 15 is 0 Å². The lowest BCUT2D eigenvalue weighted by Crippen LogP contribution is -2.37. The summed E-state index contributed by atoms with van der Waals surface area (Å²) in [4.78, 5) is 15.9. The van der Waals surface area contributed by atoms with E-state index in [9.17, 15) is 22.4 Å². The van der Waals surface area contributed by atoms with Gasteiger partial charge in [0.1, 0.15) is 13.2 Å². The molecule has 0 aromatic heterocycles. The molecule has 1 amide bonds. The van der Waals surface area contributed by atoms with Crippen molar-refractivity contribution in [1.29, 1.82) is 0 Å². The van der Waals surface area contributed by atoms with Crippen LogP contribution in [0.15, 0.2) is 24.3 Å². The van der Waals surface area contributed by atoms with E-state index in [1.807, 2.05) is 43.3 Å². The third kappa shape index (κ3) is 5.41. The summed E-state index contributed by atoms with van der Waals surface area (Å²) in [5, 5.41) is 0. The lowest BCUT2D eigenvalue weighted by Gasteiger charge is -2.26. The third-order valence-corrected chi connectivity index (χ3v) is 4.28. The van der Waals surface area contributed by atoms with Crippen molar-refractivity contribution in [1.82, 2.24) is 9.80 Å². The van der Waals surface area contributed by atoms with Crippen LogP contribution in [0.25, 0.3) is 0 Å².